The van der Waals surface area contributed by atoms with Crippen LogP contribution in [0.4, 0.5) is 0 Å². The fourth-order valence-corrected chi connectivity index (χ4v) is 1.19. The van der Waals surface area contributed by atoms with E-state index in [-0.39, 0.29) is 0 Å². The molecule has 0 aromatic carbocycles. The van der Waals surface area contributed by atoms with Gasteiger partial charge in [0.05, 0.1) is 0 Å². The van der Waals surface area contributed by atoms with Crippen molar-refractivity contribution in [3.8, 4) is 0 Å². The molecule has 0 aliphatic heterocycles. The van der Waals surface area contributed by atoms with Crippen LogP contribution in [-0.2, 0) is 4.79 Å². The van der Waals surface area contributed by atoms with Gasteiger partial charge in [-0.1, -0.05) is 0 Å². The lowest BCUT2D eigenvalue weighted by Crippen LogP contribution is -2.29. The van der Waals surface area contributed by atoms with Gasteiger partial charge in [-0.15, -0.1) is 0 Å². The van der Waals surface area contributed by atoms with Crippen molar-refractivity contribution in [2.24, 2.45) is 5.92 Å². The van der Waals surface area contributed by atoms with Crippen molar-refractivity contribution in [3.05, 3.63) is 0 Å². The first-order chi connectivity index (χ1) is 4.70. The summed E-state index contributed by atoms with van der Waals surface area (Å²) in [6.07, 6.45) is 3.02. The number of carbonyl (C=O) groups excluding carboxylic acids is 1. The third-order valence-electron chi connectivity index (χ3n) is 2.12. The summed E-state index contributed by atoms with van der Waals surface area (Å²) in [6.45, 7) is 1.05. The Hall–Kier alpha value is -0.370. The predicted octanol–water partition coefficient (Wildman–Crippen LogP) is 0.917. The first kappa shape index (κ1) is 7.73. The van der Waals surface area contributed by atoms with Crippen LogP contribution in [0.15, 0.2) is 0 Å². The van der Waals surface area contributed by atoms with E-state index in [0.29, 0.717) is 11.7 Å². The molecule has 0 aromatic heterocycles. The highest BCUT2D eigenvalue weighted by molar-refractivity contribution is 5.86. The zero-order valence-electron chi connectivity index (χ0n) is 6.76. The number of hydrogen-bond donors (Lipinski definition) is 0. The summed E-state index contributed by atoms with van der Waals surface area (Å²) in [5.74, 6) is 0.879. The Bertz CT molecular complexity index is 131. The molecule has 0 radical (unpaired) electrons. The number of ketones is 1. The summed E-state index contributed by atoms with van der Waals surface area (Å²) in [5, 5.41) is 0. The molecule has 58 valence electrons. The van der Waals surface area contributed by atoms with Gasteiger partial charge in [0.15, 0.2) is 0 Å². The molecule has 1 atom stereocenters. The van der Waals surface area contributed by atoms with Crippen molar-refractivity contribution in [2.45, 2.75) is 19.3 Å². The van der Waals surface area contributed by atoms with Crippen molar-refractivity contribution in [2.75, 3.05) is 20.6 Å². The third kappa shape index (κ3) is 1.81. The Morgan fingerprint density at radius 3 is 2.60 bits per heavy atom. The number of rotatable bonds is 3. The van der Waals surface area contributed by atoms with Crippen LogP contribution >= 0.6 is 0 Å². The Kier molecular flexibility index (Phi) is 2.44. The fourth-order valence-electron chi connectivity index (χ4n) is 1.19. The minimum atomic E-state index is 0.405. The molecular weight excluding hydrogens is 126 g/mol. The monoisotopic (exact) mass is 141 g/mol. The van der Waals surface area contributed by atoms with Crippen molar-refractivity contribution in [3.63, 3.8) is 0 Å². The van der Waals surface area contributed by atoms with Gasteiger partial charge in [-0.3, -0.25) is 4.79 Å². The minimum Gasteiger partial charge on any atom is -0.309 e. The summed E-state index contributed by atoms with van der Waals surface area (Å²) in [4.78, 5) is 13.0. The normalized spacial score (nSPS) is 25.1. The molecule has 1 aliphatic carbocycles. The third-order valence-corrected chi connectivity index (χ3v) is 2.12. The predicted molar refractivity (Wildman–Crippen MR) is 40.9 cm³/mol. The standard InChI is InChI=1S/C8H15NO/c1-9(2)6-5-7-3-4-8(7)10/h7H,3-6H2,1-2H3. The van der Waals surface area contributed by atoms with Gasteiger partial charge in [-0.2, -0.15) is 0 Å². The molecule has 0 aromatic rings. The summed E-state index contributed by atoms with van der Waals surface area (Å²) in [6, 6.07) is 0. The van der Waals surface area contributed by atoms with E-state index in [4.69, 9.17) is 0 Å². The van der Waals surface area contributed by atoms with Gasteiger partial charge in [0.1, 0.15) is 5.78 Å². The zero-order valence-corrected chi connectivity index (χ0v) is 6.76. The Morgan fingerprint density at radius 1 is 1.60 bits per heavy atom. The van der Waals surface area contributed by atoms with E-state index in [1.165, 1.54) is 0 Å². The van der Waals surface area contributed by atoms with Crippen LogP contribution in [0.3, 0.4) is 0 Å². The Balaban J connectivity index is 2.08. The zero-order chi connectivity index (χ0) is 7.56. The van der Waals surface area contributed by atoms with E-state index in [2.05, 4.69) is 4.90 Å². The smallest absolute Gasteiger partial charge is 0.136 e. The van der Waals surface area contributed by atoms with E-state index in [1.807, 2.05) is 14.1 Å². The molecular formula is C8H15NO. The van der Waals surface area contributed by atoms with E-state index in [1.54, 1.807) is 0 Å². The highest BCUT2D eigenvalue weighted by Gasteiger charge is 2.27. The van der Waals surface area contributed by atoms with Crippen molar-refractivity contribution in [1.82, 2.24) is 4.90 Å². The van der Waals surface area contributed by atoms with Crippen LogP contribution < -0.4 is 0 Å². The molecule has 0 saturated heterocycles. The highest BCUT2D eigenvalue weighted by atomic mass is 16.1. The minimum absolute atomic E-state index is 0.405. The number of Topliss-reactive ketones (excluding diaryl/α,β-unsaturated/α-hetero) is 1. The summed E-state index contributed by atoms with van der Waals surface area (Å²) < 4.78 is 0. The topological polar surface area (TPSA) is 20.3 Å². The maximum absolute atomic E-state index is 10.8. The molecule has 2 heteroatoms. The van der Waals surface area contributed by atoms with Gasteiger partial charge in [0, 0.05) is 12.3 Å². The van der Waals surface area contributed by atoms with Gasteiger partial charge in [-0.05, 0) is 33.5 Å². The molecule has 0 spiro atoms. The van der Waals surface area contributed by atoms with Crippen LogP contribution in [0.1, 0.15) is 19.3 Å². The van der Waals surface area contributed by atoms with Gasteiger partial charge in [0.2, 0.25) is 0 Å². The van der Waals surface area contributed by atoms with E-state index < -0.39 is 0 Å². The average molecular weight is 141 g/mol. The second kappa shape index (κ2) is 3.15. The van der Waals surface area contributed by atoms with Crippen molar-refractivity contribution < 1.29 is 4.79 Å². The van der Waals surface area contributed by atoms with E-state index in [9.17, 15) is 4.79 Å². The second-order valence-electron chi connectivity index (χ2n) is 3.29. The van der Waals surface area contributed by atoms with Crippen LogP contribution in [0.2, 0.25) is 0 Å². The van der Waals surface area contributed by atoms with E-state index >= 15 is 0 Å². The van der Waals surface area contributed by atoms with Gasteiger partial charge < -0.3 is 4.90 Å². The maximum atomic E-state index is 10.8. The number of nitrogens with zero attached hydrogens (tertiary/aromatic N) is 1. The van der Waals surface area contributed by atoms with Gasteiger partial charge in [0.25, 0.3) is 0 Å². The Morgan fingerprint density at radius 2 is 2.30 bits per heavy atom. The molecule has 1 rings (SSSR count). The van der Waals surface area contributed by atoms with Crippen LogP contribution in [-0.4, -0.2) is 31.3 Å². The molecule has 1 fully saturated rings. The molecule has 10 heavy (non-hydrogen) atoms. The number of hydrogen-bond acceptors (Lipinski definition) is 2. The molecule has 2 nitrogen and oxygen atoms in total. The highest BCUT2D eigenvalue weighted by Crippen LogP contribution is 2.25. The lowest BCUT2D eigenvalue weighted by Gasteiger charge is -2.24. The number of carbonyl (C=O) groups is 1. The van der Waals surface area contributed by atoms with Crippen LogP contribution in [0.25, 0.3) is 0 Å². The van der Waals surface area contributed by atoms with Crippen LogP contribution in [0, 0.1) is 5.92 Å². The molecule has 0 amide bonds. The van der Waals surface area contributed by atoms with Gasteiger partial charge >= 0.3 is 0 Å². The fraction of sp³-hybridized carbons (Fsp3) is 0.875. The first-order valence-corrected chi connectivity index (χ1v) is 3.87. The molecule has 0 bridgehead atoms. The molecule has 1 unspecified atom stereocenters. The summed E-state index contributed by atoms with van der Waals surface area (Å²) in [7, 11) is 4.09. The lowest BCUT2D eigenvalue weighted by molar-refractivity contribution is -0.129. The summed E-state index contributed by atoms with van der Waals surface area (Å²) >= 11 is 0. The summed E-state index contributed by atoms with van der Waals surface area (Å²) in [5.41, 5.74) is 0. The first-order valence-electron chi connectivity index (χ1n) is 3.87. The molecule has 1 saturated carbocycles. The quantitative estimate of drug-likeness (QED) is 0.582. The second-order valence-corrected chi connectivity index (χ2v) is 3.29. The van der Waals surface area contributed by atoms with Crippen molar-refractivity contribution >= 4 is 5.78 Å². The maximum Gasteiger partial charge on any atom is 0.136 e. The molecule has 0 heterocycles. The SMILES string of the molecule is CN(C)CCC1CCC1=O. The molecule has 1 aliphatic rings. The van der Waals surface area contributed by atoms with Gasteiger partial charge in [-0.25, -0.2) is 0 Å². The lowest BCUT2D eigenvalue weighted by atomic mass is 9.81. The average Bonchev–Trinajstić information content (AvgIpc) is 1.84. The molecule has 0 N–H and O–H groups in total. The van der Waals surface area contributed by atoms with E-state index in [0.717, 1.165) is 25.8 Å². The van der Waals surface area contributed by atoms with Crippen LogP contribution in [0.5, 0.6) is 0 Å². The Labute approximate surface area is 62.2 Å². The largest absolute Gasteiger partial charge is 0.309 e. The van der Waals surface area contributed by atoms with Crippen molar-refractivity contribution in [1.29, 1.82) is 0 Å².